The van der Waals surface area contributed by atoms with E-state index in [2.05, 4.69) is 20.4 Å². The summed E-state index contributed by atoms with van der Waals surface area (Å²) in [4.78, 5) is 36.3. The molecule has 0 spiro atoms. The minimum Gasteiger partial charge on any atom is -0.506 e. The number of nitriles is 1. The molecule has 0 fully saturated rings. The van der Waals surface area contributed by atoms with Crippen molar-refractivity contribution < 1.29 is 19.2 Å². The molecule has 2 N–H and O–H groups in total. The molecule has 0 aliphatic heterocycles. The minimum atomic E-state index is -0.917. The molecule has 0 radical (unpaired) electrons. The summed E-state index contributed by atoms with van der Waals surface area (Å²) < 4.78 is 4.90. The van der Waals surface area contributed by atoms with E-state index in [1.807, 2.05) is 60.7 Å². The Morgan fingerprint density at radius 1 is 1.03 bits per heavy atom. The van der Waals surface area contributed by atoms with Gasteiger partial charge in [0.15, 0.2) is 11.3 Å². The maximum absolute atomic E-state index is 13.4. The fraction of sp³-hybridized carbons (Fsp3) is 0.143. The van der Waals surface area contributed by atoms with Gasteiger partial charge in [-0.25, -0.2) is 9.97 Å². The highest BCUT2D eigenvalue weighted by Gasteiger charge is 2.23. The third-order valence-corrected chi connectivity index (χ3v) is 5.85. The quantitative estimate of drug-likeness (QED) is 0.204. The summed E-state index contributed by atoms with van der Waals surface area (Å²) in [5, 5.41) is 26.0. The molecule has 0 saturated carbocycles. The molecule has 190 valence electrons. The Bertz CT molecular complexity index is 1520. The molecule has 0 bridgehead atoms. The minimum absolute atomic E-state index is 0.112. The molecule has 0 aliphatic rings. The van der Waals surface area contributed by atoms with Crippen molar-refractivity contribution in [2.45, 2.75) is 19.8 Å². The van der Waals surface area contributed by atoms with Crippen LogP contribution in [0.25, 0.3) is 5.76 Å². The van der Waals surface area contributed by atoms with E-state index in [9.17, 15) is 20.0 Å². The second-order valence-electron chi connectivity index (χ2n) is 8.32. The Hall–Kier alpha value is -5.30. The summed E-state index contributed by atoms with van der Waals surface area (Å²) >= 11 is 0. The molecule has 2 aromatic carbocycles. The molecule has 0 unspecified atom stereocenters. The van der Waals surface area contributed by atoms with Crippen LogP contribution in [0.15, 0.2) is 83.2 Å². The van der Waals surface area contributed by atoms with Gasteiger partial charge in [-0.2, -0.15) is 5.26 Å². The predicted molar refractivity (Wildman–Crippen MR) is 140 cm³/mol. The van der Waals surface area contributed by atoms with E-state index < -0.39 is 17.2 Å². The van der Waals surface area contributed by atoms with Crippen molar-refractivity contribution in [3.63, 3.8) is 0 Å². The van der Waals surface area contributed by atoms with Crippen LogP contribution < -0.4 is 10.2 Å². The van der Waals surface area contributed by atoms with Crippen molar-refractivity contribution in [3.8, 4) is 6.07 Å². The number of carbonyl (C=O) groups is 2. The molecule has 2 aromatic heterocycles. The molecule has 0 saturated heterocycles. The Morgan fingerprint density at radius 3 is 2.34 bits per heavy atom. The zero-order chi connectivity index (χ0) is 27.1. The number of nitrogens with one attached hydrogen (secondary N) is 1. The van der Waals surface area contributed by atoms with Gasteiger partial charge in [0.1, 0.15) is 11.8 Å². The van der Waals surface area contributed by atoms with Gasteiger partial charge in [0.05, 0.1) is 23.0 Å². The van der Waals surface area contributed by atoms with Gasteiger partial charge >= 0.3 is 0 Å². The molecule has 4 aromatic rings. The molecule has 2 amide bonds. The first-order valence-corrected chi connectivity index (χ1v) is 11.7. The van der Waals surface area contributed by atoms with Crippen LogP contribution in [0, 0.1) is 18.3 Å². The lowest BCUT2D eigenvalue weighted by Gasteiger charge is -2.19. The van der Waals surface area contributed by atoms with Gasteiger partial charge in [-0.05, 0) is 37.5 Å². The average Bonchev–Trinajstić information content (AvgIpc) is 3.38. The summed E-state index contributed by atoms with van der Waals surface area (Å²) in [5.41, 5.74) is 2.01. The number of hydrogen-bond acceptors (Lipinski definition) is 8. The van der Waals surface area contributed by atoms with E-state index in [0.717, 1.165) is 5.56 Å². The Morgan fingerprint density at radius 2 is 1.71 bits per heavy atom. The Balaban J connectivity index is 1.64. The number of anilines is 2. The zero-order valence-electron chi connectivity index (χ0n) is 20.8. The molecule has 2 heterocycles. The number of nitrogens with zero attached hydrogens (tertiary/aromatic N) is 5. The zero-order valence-corrected chi connectivity index (χ0v) is 20.8. The number of aliphatic hydroxyl groups is 1. The summed E-state index contributed by atoms with van der Waals surface area (Å²) in [6, 6.07) is 20.6. The lowest BCUT2D eigenvalue weighted by atomic mass is 10.0. The van der Waals surface area contributed by atoms with Crippen molar-refractivity contribution in [3.05, 3.63) is 107 Å². The molecular formula is C28H24N6O4. The lowest BCUT2D eigenvalue weighted by molar-refractivity contribution is -0.112. The molecule has 4 rings (SSSR count). The van der Waals surface area contributed by atoms with Crippen molar-refractivity contribution in [1.29, 1.82) is 5.26 Å². The highest BCUT2D eigenvalue weighted by Crippen LogP contribution is 2.21. The topological polar surface area (TPSA) is 145 Å². The summed E-state index contributed by atoms with van der Waals surface area (Å²) in [6.07, 6.45) is 3.55. The van der Waals surface area contributed by atoms with Crippen molar-refractivity contribution in [1.82, 2.24) is 15.1 Å². The second kappa shape index (κ2) is 11.6. The molecule has 0 atom stereocenters. The molecule has 0 aliphatic carbocycles. The number of aromatic nitrogens is 3. The van der Waals surface area contributed by atoms with Gasteiger partial charge in [0.25, 0.3) is 11.8 Å². The highest BCUT2D eigenvalue weighted by atomic mass is 16.5. The maximum Gasteiger partial charge on any atom is 0.272 e. The monoisotopic (exact) mass is 508 g/mol. The third-order valence-electron chi connectivity index (χ3n) is 5.85. The SMILES string of the molecule is Cc1oncc1/C(O)=C(\C#N)C(=O)Nc1ncc(C(=O)N(C)c2ccccc2)c(CCc2ccccc2)n1. The Labute approximate surface area is 218 Å². The van der Waals surface area contributed by atoms with E-state index in [1.54, 1.807) is 13.1 Å². The van der Waals surface area contributed by atoms with Gasteiger partial charge in [0.2, 0.25) is 5.95 Å². The van der Waals surface area contributed by atoms with Crippen LogP contribution in [0.4, 0.5) is 11.6 Å². The predicted octanol–water partition coefficient (Wildman–Crippen LogP) is 4.27. The average molecular weight is 509 g/mol. The number of aliphatic hydroxyl groups excluding tert-OH is 1. The van der Waals surface area contributed by atoms with Crippen LogP contribution in [0.5, 0.6) is 0 Å². The number of benzene rings is 2. The van der Waals surface area contributed by atoms with Gasteiger partial charge in [-0.1, -0.05) is 53.7 Å². The third kappa shape index (κ3) is 5.74. The van der Waals surface area contributed by atoms with E-state index in [-0.39, 0.29) is 28.7 Å². The first-order valence-electron chi connectivity index (χ1n) is 11.7. The van der Waals surface area contributed by atoms with Gasteiger partial charge in [0, 0.05) is 18.9 Å². The van der Waals surface area contributed by atoms with Crippen LogP contribution >= 0.6 is 0 Å². The number of rotatable bonds is 8. The highest BCUT2D eigenvalue weighted by molar-refractivity contribution is 6.10. The van der Waals surface area contributed by atoms with Gasteiger partial charge in [-0.15, -0.1) is 0 Å². The lowest BCUT2D eigenvalue weighted by Crippen LogP contribution is -2.28. The molecular weight excluding hydrogens is 484 g/mol. The van der Waals surface area contributed by atoms with Crippen molar-refractivity contribution in [2.75, 3.05) is 17.3 Å². The van der Waals surface area contributed by atoms with Crippen molar-refractivity contribution >= 4 is 29.2 Å². The van der Waals surface area contributed by atoms with Crippen LogP contribution in [-0.4, -0.2) is 39.1 Å². The number of amides is 2. The fourth-order valence-electron chi connectivity index (χ4n) is 3.74. The van der Waals surface area contributed by atoms with Crippen LogP contribution in [0.3, 0.4) is 0 Å². The molecule has 38 heavy (non-hydrogen) atoms. The number of hydrogen-bond donors (Lipinski definition) is 2. The standard InChI is InChI=1S/C28H24N6O4/c1-18-22(17-31-38-18)25(35)21(15-29)26(36)33-28-30-16-23(27(37)34(2)20-11-7-4-8-12-20)24(32-28)14-13-19-9-5-3-6-10-19/h3-12,16-17,35H,13-14H2,1-2H3,(H,30,32,33,36)/b25-21-. The smallest absolute Gasteiger partial charge is 0.272 e. The second-order valence-corrected chi connectivity index (χ2v) is 8.32. The van der Waals surface area contributed by atoms with E-state index >= 15 is 0 Å². The van der Waals surface area contributed by atoms with E-state index in [1.165, 1.54) is 24.2 Å². The largest absolute Gasteiger partial charge is 0.506 e. The van der Waals surface area contributed by atoms with Crippen LogP contribution in [0.2, 0.25) is 0 Å². The Kier molecular flexibility index (Phi) is 7.89. The summed E-state index contributed by atoms with van der Waals surface area (Å²) in [7, 11) is 1.66. The first-order chi connectivity index (χ1) is 18.4. The van der Waals surface area contributed by atoms with Crippen LogP contribution in [0.1, 0.15) is 32.9 Å². The van der Waals surface area contributed by atoms with Crippen molar-refractivity contribution in [2.24, 2.45) is 0 Å². The summed E-state index contributed by atoms with van der Waals surface area (Å²) in [5.74, 6) is -1.67. The summed E-state index contributed by atoms with van der Waals surface area (Å²) in [6.45, 7) is 1.54. The van der Waals surface area contributed by atoms with E-state index in [0.29, 0.717) is 24.2 Å². The maximum atomic E-state index is 13.4. The van der Waals surface area contributed by atoms with Gasteiger partial charge in [-0.3, -0.25) is 14.9 Å². The molecule has 10 nitrogen and oxygen atoms in total. The number of carbonyl (C=O) groups excluding carboxylic acids is 2. The fourth-order valence-corrected chi connectivity index (χ4v) is 3.74. The normalized spacial score (nSPS) is 11.3. The number of aryl methyl sites for hydroxylation is 3. The van der Waals surface area contributed by atoms with Crippen LogP contribution in [-0.2, 0) is 17.6 Å². The van der Waals surface area contributed by atoms with Gasteiger partial charge < -0.3 is 14.5 Å². The molecule has 10 heteroatoms. The van der Waals surface area contributed by atoms with E-state index in [4.69, 9.17) is 4.52 Å². The number of para-hydroxylation sites is 1. The first kappa shape index (κ1) is 25.8.